The lowest BCUT2D eigenvalue weighted by Crippen LogP contribution is -2.34. The zero-order valence-electron chi connectivity index (χ0n) is 10.7. The van der Waals surface area contributed by atoms with Crippen LogP contribution in [0, 0.1) is 11.3 Å². The minimum atomic E-state index is -0.363. The summed E-state index contributed by atoms with van der Waals surface area (Å²) >= 11 is 0. The molecule has 0 saturated heterocycles. The molecule has 1 amide bonds. The average Bonchev–Trinajstić information content (AvgIpc) is 2.33. The standard InChI is InChI=1S/C12H21N3O2/c1-4-10(3)14-12(17)11(8-13)9-15(5-2)6-7-16/h9-10,16H,4-7H2,1-3H3,(H,14,17)/b11-9-. The number of amides is 1. The number of nitriles is 1. The maximum Gasteiger partial charge on any atom is 0.263 e. The van der Waals surface area contributed by atoms with Gasteiger partial charge in [0.15, 0.2) is 0 Å². The largest absolute Gasteiger partial charge is 0.395 e. The molecule has 5 heteroatoms. The van der Waals surface area contributed by atoms with Gasteiger partial charge < -0.3 is 15.3 Å². The van der Waals surface area contributed by atoms with Crippen LogP contribution in [-0.4, -0.2) is 41.7 Å². The van der Waals surface area contributed by atoms with Gasteiger partial charge >= 0.3 is 0 Å². The van der Waals surface area contributed by atoms with Crippen LogP contribution in [0.25, 0.3) is 0 Å². The number of hydrogen-bond acceptors (Lipinski definition) is 4. The molecule has 0 saturated carbocycles. The Balaban J connectivity index is 4.64. The summed E-state index contributed by atoms with van der Waals surface area (Å²) in [6.45, 7) is 6.80. The lowest BCUT2D eigenvalue weighted by atomic mass is 10.2. The summed E-state index contributed by atoms with van der Waals surface area (Å²) in [6.07, 6.45) is 2.31. The van der Waals surface area contributed by atoms with E-state index in [0.29, 0.717) is 13.1 Å². The Bertz CT molecular complexity index is 307. The molecule has 0 aromatic heterocycles. The van der Waals surface area contributed by atoms with Crippen LogP contribution < -0.4 is 5.32 Å². The number of carbonyl (C=O) groups excluding carboxylic acids is 1. The number of nitrogens with one attached hydrogen (secondary N) is 1. The molecule has 0 aliphatic rings. The molecule has 1 unspecified atom stereocenters. The van der Waals surface area contributed by atoms with Crippen molar-refractivity contribution in [3.63, 3.8) is 0 Å². The van der Waals surface area contributed by atoms with Crippen molar-refractivity contribution < 1.29 is 9.90 Å². The molecule has 0 aromatic rings. The molecule has 0 radical (unpaired) electrons. The highest BCUT2D eigenvalue weighted by molar-refractivity contribution is 5.97. The molecule has 0 spiro atoms. The second-order valence-electron chi connectivity index (χ2n) is 3.79. The van der Waals surface area contributed by atoms with Gasteiger partial charge in [-0.15, -0.1) is 0 Å². The van der Waals surface area contributed by atoms with Gasteiger partial charge in [-0.05, 0) is 20.3 Å². The number of rotatable bonds is 7. The van der Waals surface area contributed by atoms with Crippen molar-refractivity contribution >= 4 is 5.91 Å². The second kappa shape index (κ2) is 8.59. The smallest absolute Gasteiger partial charge is 0.263 e. The lowest BCUT2D eigenvalue weighted by Gasteiger charge is -2.17. The topological polar surface area (TPSA) is 76.4 Å². The number of carbonyl (C=O) groups is 1. The summed E-state index contributed by atoms with van der Waals surface area (Å²) in [5.74, 6) is -0.363. The Labute approximate surface area is 103 Å². The number of likely N-dealkylation sites (N-methyl/N-ethyl adjacent to an activating group) is 1. The summed E-state index contributed by atoms with van der Waals surface area (Å²) in [4.78, 5) is 13.4. The second-order valence-corrected chi connectivity index (χ2v) is 3.79. The predicted octanol–water partition coefficient (Wildman–Crippen LogP) is 0.623. The van der Waals surface area contributed by atoms with E-state index in [1.807, 2.05) is 26.8 Å². The molecule has 5 nitrogen and oxygen atoms in total. The van der Waals surface area contributed by atoms with Gasteiger partial charge in [0.05, 0.1) is 6.61 Å². The van der Waals surface area contributed by atoms with Crippen molar-refractivity contribution in [2.45, 2.75) is 33.2 Å². The maximum absolute atomic E-state index is 11.7. The quantitative estimate of drug-likeness (QED) is 0.504. The first kappa shape index (κ1) is 15.5. The van der Waals surface area contributed by atoms with E-state index in [1.54, 1.807) is 4.90 Å². The van der Waals surface area contributed by atoms with Crippen molar-refractivity contribution in [1.29, 1.82) is 5.26 Å². The third kappa shape index (κ3) is 5.93. The van der Waals surface area contributed by atoms with Gasteiger partial charge in [0.25, 0.3) is 5.91 Å². The average molecular weight is 239 g/mol. The van der Waals surface area contributed by atoms with Gasteiger partial charge in [-0.1, -0.05) is 6.92 Å². The van der Waals surface area contributed by atoms with Gasteiger partial charge in [-0.3, -0.25) is 4.79 Å². The molecule has 0 aliphatic carbocycles. The Kier molecular flexibility index (Phi) is 7.82. The number of aliphatic hydroxyl groups is 1. The number of nitrogens with zero attached hydrogens (tertiary/aromatic N) is 2. The van der Waals surface area contributed by atoms with Crippen molar-refractivity contribution in [2.75, 3.05) is 19.7 Å². The molecule has 0 aromatic carbocycles. The van der Waals surface area contributed by atoms with Gasteiger partial charge in [0, 0.05) is 25.3 Å². The molecule has 0 aliphatic heterocycles. The fraction of sp³-hybridized carbons (Fsp3) is 0.667. The van der Waals surface area contributed by atoms with Crippen molar-refractivity contribution in [3.05, 3.63) is 11.8 Å². The Morgan fingerprint density at radius 1 is 1.59 bits per heavy atom. The minimum Gasteiger partial charge on any atom is -0.395 e. The predicted molar refractivity (Wildman–Crippen MR) is 65.9 cm³/mol. The Morgan fingerprint density at radius 2 is 2.24 bits per heavy atom. The first-order valence-corrected chi connectivity index (χ1v) is 5.86. The summed E-state index contributed by atoms with van der Waals surface area (Å²) < 4.78 is 0. The zero-order chi connectivity index (χ0) is 13.3. The first-order valence-electron chi connectivity index (χ1n) is 5.86. The fourth-order valence-electron chi connectivity index (χ4n) is 1.17. The third-order valence-corrected chi connectivity index (χ3v) is 2.46. The molecule has 0 fully saturated rings. The van der Waals surface area contributed by atoms with Crippen LogP contribution in [0.1, 0.15) is 27.2 Å². The van der Waals surface area contributed by atoms with Crippen molar-refractivity contribution in [3.8, 4) is 6.07 Å². The van der Waals surface area contributed by atoms with E-state index in [4.69, 9.17) is 10.4 Å². The van der Waals surface area contributed by atoms with E-state index >= 15 is 0 Å². The van der Waals surface area contributed by atoms with E-state index in [1.165, 1.54) is 6.20 Å². The van der Waals surface area contributed by atoms with Crippen molar-refractivity contribution in [1.82, 2.24) is 10.2 Å². The number of aliphatic hydroxyl groups excluding tert-OH is 1. The molecule has 1 atom stereocenters. The lowest BCUT2D eigenvalue weighted by molar-refractivity contribution is -0.117. The van der Waals surface area contributed by atoms with Crippen LogP contribution in [0.2, 0.25) is 0 Å². The SMILES string of the molecule is CCC(C)NC(=O)/C(C#N)=C\N(CC)CCO. The van der Waals surface area contributed by atoms with Gasteiger partial charge in [-0.2, -0.15) is 5.26 Å². The summed E-state index contributed by atoms with van der Waals surface area (Å²) in [6, 6.07) is 1.93. The molecule has 0 rings (SSSR count). The molecule has 2 N–H and O–H groups in total. The fourth-order valence-corrected chi connectivity index (χ4v) is 1.17. The molecule has 0 heterocycles. The Hall–Kier alpha value is -1.54. The minimum absolute atomic E-state index is 0.00394. The van der Waals surface area contributed by atoms with E-state index in [0.717, 1.165) is 6.42 Å². The van der Waals surface area contributed by atoms with Crippen molar-refractivity contribution in [2.24, 2.45) is 0 Å². The number of hydrogen-bond donors (Lipinski definition) is 2. The third-order valence-electron chi connectivity index (χ3n) is 2.46. The summed E-state index contributed by atoms with van der Waals surface area (Å²) in [5.41, 5.74) is 0.0700. The molecular weight excluding hydrogens is 218 g/mol. The van der Waals surface area contributed by atoms with E-state index in [9.17, 15) is 4.79 Å². The van der Waals surface area contributed by atoms with Gasteiger partial charge in [0.1, 0.15) is 11.6 Å². The summed E-state index contributed by atoms with van der Waals surface area (Å²) in [5, 5.41) is 20.5. The van der Waals surface area contributed by atoms with Crippen LogP contribution in [0.4, 0.5) is 0 Å². The van der Waals surface area contributed by atoms with Crippen LogP contribution in [0.3, 0.4) is 0 Å². The van der Waals surface area contributed by atoms with Crippen LogP contribution in [-0.2, 0) is 4.79 Å². The Morgan fingerprint density at radius 3 is 2.65 bits per heavy atom. The maximum atomic E-state index is 11.7. The van der Waals surface area contributed by atoms with Crippen LogP contribution >= 0.6 is 0 Å². The molecule has 17 heavy (non-hydrogen) atoms. The van der Waals surface area contributed by atoms with Gasteiger partial charge in [-0.25, -0.2) is 0 Å². The van der Waals surface area contributed by atoms with Gasteiger partial charge in [0.2, 0.25) is 0 Å². The highest BCUT2D eigenvalue weighted by atomic mass is 16.3. The highest BCUT2D eigenvalue weighted by Gasteiger charge is 2.12. The molecule has 96 valence electrons. The monoisotopic (exact) mass is 239 g/mol. The normalized spacial score (nSPS) is 12.8. The highest BCUT2D eigenvalue weighted by Crippen LogP contribution is 1.99. The summed E-state index contributed by atoms with van der Waals surface area (Å²) in [7, 11) is 0. The first-order chi connectivity index (χ1) is 8.08. The van der Waals surface area contributed by atoms with E-state index in [-0.39, 0.29) is 24.1 Å². The molecular formula is C12H21N3O2. The zero-order valence-corrected chi connectivity index (χ0v) is 10.7. The van der Waals surface area contributed by atoms with Crippen LogP contribution in [0.5, 0.6) is 0 Å². The van der Waals surface area contributed by atoms with Crippen LogP contribution in [0.15, 0.2) is 11.8 Å². The molecule has 0 bridgehead atoms. The van der Waals surface area contributed by atoms with E-state index < -0.39 is 0 Å². The van der Waals surface area contributed by atoms with E-state index in [2.05, 4.69) is 5.32 Å².